The molecule has 0 fully saturated rings. The monoisotopic (exact) mass is 420 g/mol. The van der Waals surface area contributed by atoms with Gasteiger partial charge in [0.2, 0.25) is 0 Å². The standard InChI is InChI=1S/C18H44N2O3Si3/c1-10-21-26(22-11-2,23-12-3)18-14-16-19-15-13-17-20(24(4,5)6)25(7,8)9/h15H,10-14,16-18H2,1-9H3. The van der Waals surface area contributed by atoms with Crippen LogP contribution in [-0.4, -0.2) is 68.6 Å². The molecule has 0 aromatic rings. The van der Waals surface area contributed by atoms with E-state index < -0.39 is 25.3 Å². The van der Waals surface area contributed by atoms with Crippen molar-refractivity contribution in [2.75, 3.05) is 32.9 Å². The molecule has 0 rings (SSSR count). The summed E-state index contributed by atoms with van der Waals surface area (Å²) >= 11 is 0. The summed E-state index contributed by atoms with van der Waals surface area (Å²) in [5.74, 6) is 0. The first kappa shape index (κ1) is 26.2. The lowest BCUT2D eigenvalue weighted by atomic mass is 10.4. The van der Waals surface area contributed by atoms with Crippen LogP contribution in [0.5, 0.6) is 0 Å². The fraction of sp³-hybridized carbons (Fsp3) is 0.944. The molecule has 0 atom stereocenters. The quantitative estimate of drug-likeness (QED) is 0.216. The van der Waals surface area contributed by atoms with Crippen LogP contribution in [-0.2, 0) is 13.3 Å². The molecule has 0 aliphatic rings. The van der Waals surface area contributed by atoms with Crippen molar-refractivity contribution >= 4 is 31.5 Å². The maximum Gasteiger partial charge on any atom is 0.500 e. The SMILES string of the molecule is CCO[Si](CCCN=CCCN([Si](C)(C)C)[Si](C)(C)C)(OCC)OCC. The molecule has 5 nitrogen and oxygen atoms in total. The molecule has 0 radical (unpaired) electrons. The van der Waals surface area contributed by atoms with Crippen LogP contribution in [0.1, 0.15) is 33.6 Å². The van der Waals surface area contributed by atoms with E-state index in [9.17, 15) is 0 Å². The molecule has 0 N–H and O–H groups in total. The van der Waals surface area contributed by atoms with E-state index in [0.29, 0.717) is 19.8 Å². The summed E-state index contributed by atoms with van der Waals surface area (Å²) in [5, 5.41) is 0. The molecule has 0 aliphatic heterocycles. The van der Waals surface area contributed by atoms with Gasteiger partial charge in [0.25, 0.3) is 0 Å². The van der Waals surface area contributed by atoms with Crippen LogP contribution in [0.2, 0.25) is 45.3 Å². The van der Waals surface area contributed by atoms with Crippen molar-refractivity contribution in [3.63, 3.8) is 0 Å². The van der Waals surface area contributed by atoms with E-state index in [2.05, 4.69) is 54.7 Å². The molecular formula is C18H44N2O3Si3. The van der Waals surface area contributed by atoms with Gasteiger partial charge in [0.1, 0.15) is 16.5 Å². The number of nitrogens with zero attached hydrogens (tertiary/aromatic N) is 2. The third-order valence-corrected chi connectivity index (χ3v) is 15.0. The van der Waals surface area contributed by atoms with E-state index in [1.54, 1.807) is 0 Å². The Bertz CT molecular complexity index is 365. The van der Waals surface area contributed by atoms with Crippen LogP contribution in [0.25, 0.3) is 0 Å². The van der Waals surface area contributed by atoms with E-state index in [1.165, 1.54) is 0 Å². The summed E-state index contributed by atoms with van der Waals surface area (Å²) in [4.78, 5) is 4.63. The summed E-state index contributed by atoms with van der Waals surface area (Å²) in [6.45, 7) is 24.6. The molecule has 0 heterocycles. The molecule has 0 aliphatic carbocycles. The minimum absolute atomic E-state index is 0.638. The van der Waals surface area contributed by atoms with E-state index >= 15 is 0 Å². The average molecular weight is 421 g/mol. The third-order valence-electron chi connectivity index (χ3n) is 4.09. The molecule has 0 bridgehead atoms. The molecule has 0 unspecified atom stereocenters. The van der Waals surface area contributed by atoms with E-state index in [-0.39, 0.29) is 0 Å². The van der Waals surface area contributed by atoms with Gasteiger partial charge < -0.3 is 17.5 Å². The molecule has 0 saturated carbocycles. The zero-order valence-electron chi connectivity index (χ0n) is 18.9. The van der Waals surface area contributed by atoms with Crippen LogP contribution in [0.15, 0.2) is 4.99 Å². The summed E-state index contributed by atoms with van der Waals surface area (Å²) in [7, 11) is -5.02. The highest BCUT2D eigenvalue weighted by Gasteiger charge is 2.39. The molecule has 0 saturated heterocycles. The fourth-order valence-electron chi connectivity index (χ4n) is 3.43. The van der Waals surface area contributed by atoms with Gasteiger partial charge in [0.05, 0.1) is 0 Å². The van der Waals surface area contributed by atoms with Crippen molar-refractivity contribution in [1.82, 2.24) is 4.23 Å². The van der Waals surface area contributed by atoms with Crippen molar-refractivity contribution in [2.45, 2.75) is 78.9 Å². The molecular weight excluding hydrogens is 376 g/mol. The van der Waals surface area contributed by atoms with Crippen LogP contribution >= 0.6 is 0 Å². The molecule has 0 aromatic carbocycles. The highest BCUT2D eigenvalue weighted by Crippen LogP contribution is 2.20. The van der Waals surface area contributed by atoms with Gasteiger partial charge in [-0.25, -0.2) is 0 Å². The van der Waals surface area contributed by atoms with Gasteiger partial charge in [0, 0.05) is 32.4 Å². The Hall–Kier alpha value is 0.161. The van der Waals surface area contributed by atoms with E-state index in [4.69, 9.17) is 13.3 Å². The lowest BCUT2D eigenvalue weighted by Gasteiger charge is -2.43. The van der Waals surface area contributed by atoms with E-state index in [0.717, 1.165) is 32.0 Å². The number of hydrogen-bond donors (Lipinski definition) is 0. The minimum Gasteiger partial charge on any atom is -0.374 e. The smallest absolute Gasteiger partial charge is 0.374 e. The van der Waals surface area contributed by atoms with Crippen LogP contribution in [0, 0.1) is 0 Å². The van der Waals surface area contributed by atoms with Crippen molar-refractivity contribution < 1.29 is 13.3 Å². The Balaban J connectivity index is 4.41. The normalized spacial score (nSPS) is 13.9. The molecule has 0 spiro atoms. The molecule has 26 heavy (non-hydrogen) atoms. The number of rotatable bonds is 15. The third kappa shape index (κ3) is 10.5. The Morgan fingerprint density at radius 2 is 1.27 bits per heavy atom. The molecule has 0 aromatic heterocycles. The summed E-state index contributed by atoms with van der Waals surface area (Å²) < 4.78 is 20.5. The highest BCUT2D eigenvalue weighted by molar-refractivity contribution is 6.89. The number of aliphatic imine (C=N–C) groups is 1. The van der Waals surface area contributed by atoms with Gasteiger partial charge in [-0.2, -0.15) is 0 Å². The lowest BCUT2D eigenvalue weighted by Crippen LogP contribution is -2.59. The summed E-state index contributed by atoms with van der Waals surface area (Å²) in [6, 6.07) is 0.843. The first-order valence-electron chi connectivity index (χ1n) is 10.2. The van der Waals surface area contributed by atoms with Crippen molar-refractivity contribution in [3.05, 3.63) is 0 Å². The van der Waals surface area contributed by atoms with Gasteiger partial charge in [-0.05, 0) is 46.4 Å². The van der Waals surface area contributed by atoms with Crippen LogP contribution < -0.4 is 0 Å². The predicted octanol–water partition coefficient (Wildman–Crippen LogP) is 4.86. The summed E-state index contributed by atoms with van der Waals surface area (Å²) in [5.41, 5.74) is 0. The van der Waals surface area contributed by atoms with Gasteiger partial charge in [0.15, 0.2) is 0 Å². The van der Waals surface area contributed by atoms with E-state index in [1.807, 2.05) is 20.8 Å². The second kappa shape index (κ2) is 12.6. The van der Waals surface area contributed by atoms with Gasteiger partial charge in [-0.3, -0.25) is 4.99 Å². The van der Waals surface area contributed by atoms with Crippen LogP contribution in [0.4, 0.5) is 0 Å². The maximum absolute atomic E-state index is 5.89. The zero-order valence-corrected chi connectivity index (χ0v) is 21.9. The average Bonchev–Trinajstić information content (AvgIpc) is 2.48. The second-order valence-corrected chi connectivity index (χ2v) is 21.4. The molecule has 0 amide bonds. The first-order valence-corrected chi connectivity index (χ1v) is 19.0. The predicted molar refractivity (Wildman–Crippen MR) is 121 cm³/mol. The van der Waals surface area contributed by atoms with Gasteiger partial charge in [-0.15, -0.1) is 0 Å². The fourth-order valence-corrected chi connectivity index (χ4v) is 15.7. The minimum atomic E-state index is -2.50. The van der Waals surface area contributed by atoms with Gasteiger partial charge in [-0.1, -0.05) is 39.3 Å². The highest BCUT2D eigenvalue weighted by atomic mass is 28.4. The lowest BCUT2D eigenvalue weighted by molar-refractivity contribution is 0.0710. The topological polar surface area (TPSA) is 43.3 Å². The first-order chi connectivity index (χ1) is 12.0. The Labute approximate surface area is 166 Å². The summed E-state index contributed by atoms with van der Waals surface area (Å²) in [6.07, 6.45) is 4.10. The van der Waals surface area contributed by atoms with Crippen molar-refractivity contribution in [3.8, 4) is 0 Å². The molecule has 156 valence electrons. The zero-order chi connectivity index (χ0) is 20.3. The van der Waals surface area contributed by atoms with Crippen molar-refractivity contribution in [1.29, 1.82) is 0 Å². The van der Waals surface area contributed by atoms with Gasteiger partial charge >= 0.3 is 8.80 Å². The Kier molecular flexibility index (Phi) is 12.7. The Morgan fingerprint density at radius 1 is 0.808 bits per heavy atom. The molecule has 8 heteroatoms. The second-order valence-electron chi connectivity index (χ2n) is 8.46. The maximum atomic E-state index is 5.89. The largest absolute Gasteiger partial charge is 0.500 e. The van der Waals surface area contributed by atoms with Crippen LogP contribution in [0.3, 0.4) is 0 Å². The number of hydrogen-bond acceptors (Lipinski definition) is 5. The Morgan fingerprint density at radius 3 is 1.65 bits per heavy atom. The van der Waals surface area contributed by atoms with Crippen molar-refractivity contribution in [2.24, 2.45) is 4.99 Å².